The molecule has 0 aliphatic heterocycles. The van der Waals surface area contributed by atoms with E-state index in [1.165, 1.54) is 4.90 Å². The number of hydrogen-bond acceptors (Lipinski definition) is 1. The topological polar surface area (TPSA) is 19.9 Å². The van der Waals surface area contributed by atoms with Crippen molar-refractivity contribution in [3.8, 4) is 0 Å². The molecule has 0 saturated carbocycles. The second-order valence-electron chi connectivity index (χ2n) is 2.22. The van der Waals surface area contributed by atoms with Crippen LogP contribution in [0.25, 0.3) is 0 Å². The van der Waals surface area contributed by atoms with Crippen LogP contribution in [0.3, 0.4) is 0 Å². The van der Waals surface area contributed by atoms with Gasteiger partial charge in [-0.3, -0.25) is 0 Å². The number of benzene rings is 1. The molecule has 11 heavy (non-hydrogen) atoms. The first-order chi connectivity index (χ1) is 5.36. The molecule has 59 valence electrons. The fourth-order valence-corrected chi connectivity index (χ4v) is 1.63. The maximum Gasteiger partial charge on any atom is 0.107 e. The Labute approximate surface area is 71.4 Å². The van der Waals surface area contributed by atoms with Crippen LogP contribution in [0.1, 0.15) is 12.5 Å². The lowest BCUT2D eigenvalue weighted by Crippen LogP contribution is -1.81. The molecule has 0 atom stereocenters. The minimum Gasteiger partial charge on any atom is -0.232 e. The third-order valence-corrected chi connectivity index (χ3v) is 2.25. The maximum absolute atomic E-state index is 10.5. The molecule has 0 N–H and O–H groups in total. The molecule has 0 fully saturated rings. The Balaban J connectivity index is 2.74. The summed E-state index contributed by atoms with van der Waals surface area (Å²) in [5.74, 6) is 1.06. The van der Waals surface area contributed by atoms with E-state index in [0.717, 1.165) is 11.3 Å². The predicted molar refractivity (Wildman–Crippen MR) is 47.2 cm³/mol. The Morgan fingerprint density at radius 2 is 2.27 bits per heavy atom. The summed E-state index contributed by atoms with van der Waals surface area (Å²) in [5.41, 5.74) is 0.878. The molecule has 0 unspecified atom stereocenters. The summed E-state index contributed by atoms with van der Waals surface area (Å²) < 4.78 is 0. The molecular weight excluding hydrogens is 156 g/mol. The van der Waals surface area contributed by atoms with Crippen molar-refractivity contribution in [2.75, 3.05) is 5.75 Å². The normalized spacial score (nSPS) is 10.0. The van der Waals surface area contributed by atoms with Crippen LogP contribution in [0, 0.1) is 0 Å². The molecule has 0 amide bonds. The molecule has 0 aliphatic rings. The molecule has 1 nitrogen and oxygen atoms in total. The van der Waals surface area contributed by atoms with Gasteiger partial charge in [0.2, 0.25) is 0 Å². The standard InChI is InChI=1S/C9H11OS/c1-2-11-9-5-3-4-8(6-9)7-10/h3-6H,2,7H2,1H3. The molecule has 0 heterocycles. The summed E-state index contributed by atoms with van der Waals surface area (Å²) in [7, 11) is 0. The van der Waals surface area contributed by atoms with Gasteiger partial charge in [-0.1, -0.05) is 19.1 Å². The Hall–Kier alpha value is -0.470. The first-order valence-electron chi connectivity index (χ1n) is 3.66. The van der Waals surface area contributed by atoms with E-state index in [1.54, 1.807) is 11.8 Å². The van der Waals surface area contributed by atoms with Gasteiger partial charge in [-0.2, -0.15) is 0 Å². The van der Waals surface area contributed by atoms with E-state index in [4.69, 9.17) is 0 Å². The molecule has 0 aromatic heterocycles. The van der Waals surface area contributed by atoms with Crippen molar-refractivity contribution in [1.29, 1.82) is 0 Å². The van der Waals surface area contributed by atoms with Gasteiger partial charge in [-0.25, -0.2) is 5.11 Å². The third-order valence-electron chi connectivity index (χ3n) is 1.38. The summed E-state index contributed by atoms with van der Waals surface area (Å²) in [5, 5.41) is 10.5. The summed E-state index contributed by atoms with van der Waals surface area (Å²) >= 11 is 1.77. The zero-order chi connectivity index (χ0) is 8.10. The van der Waals surface area contributed by atoms with E-state index in [2.05, 4.69) is 6.92 Å². The lowest BCUT2D eigenvalue weighted by atomic mass is 10.2. The Bertz CT molecular complexity index is 223. The average molecular weight is 167 g/mol. The lowest BCUT2D eigenvalue weighted by molar-refractivity contribution is 0.177. The van der Waals surface area contributed by atoms with E-state index in [1.807, 2.05) is 24.3 Å². The molecule has 0 bridgehead atoms. The number of thioether (sulfide) groups is 1. The summed E-state index contributed by atoms with van der Waals surface area (Å²) in [4.78, 5) is 1.20. The van der Waals surface area contributed by atoms with Gasteiger partial charge < -0.3 is 0 Å². The van der Waals surface area contributed by atoms with Crippen molar-refractivity contribution < 1.29 is 5.11 Å². The van der Waals surface area contributed by atoms with Crippen LogP contribution < -0.4 is 0 Å². The second kappa shape index (κ2) is 4.42. The minimum atomic E-state index is -0.113. The van der Waals surface area contributed by atoms with Gasteiger partial charge in [-0.15, -0.1) is 11.8 Å². The fraction of sp³-hybridized carbons (Fsp3) is 0.333. The number of hydrogen-bond donors (Lipinski definition) is 0. The first-order valence-corrected chi connectivity index (χ1v) is 4.65. The smallest absolute Gasteiger partial charge is 0.107 e. The Kier molecular flexibility index (Phi) is 3.46. The molecule has 1 aromatic carbocycles. The van der Waals surface area contributed by atoms with Crippen LogP contribution in [0.5, 0.6) is 0 Å². The highest BCUT2D eigenvalue weighted by atomic mass is 32.2. The molecule has 2 heteroatoms. The van der Waals surface area contributed by atoms with E-state index in [-0.39, 0.29) is 6.61 Å². The molecule has 0 saturated heterocycles. The summed E-state index contributed by atoms with van der Waals surface area (Å²) in [6.07, 6.45) is 0. The van der Waals surface area contributed by atoms with Crippen molar-refractivity contribution >= 4 is 11.8 Å². The largest absolute Gasteiger partial charge is 0.232 e. The summed E-state index contributed by atoms with van der Waals surface area (Å²) in [6, 6.07) is 7.80. The quantitative estimate of drug-likeness (QED) is 0.634. The first kappa shape index (κ1) is 8.62. The van der Waals surface area contributed by atoms with Crippen LogP contribution in [0.4, 0.5) is 0 Å². The van der Waals surface area contributed by atoms with Crippen molar-refractivity contribution in [2.24, 2.45) is 0 Å². The summed E-state index contributed by atoms with van der Waals surface area (Å²) in [6.45, 7) is 1.99. The predicted octanol–water partition coefficient (Wildman–Crippen LogP) is 2.73. The van der Waals surface area contributed by atoms with Gasteiger partial charge in [0, 0.05) is 4.90 Å². The van der Waals surface area contributed by atoms with Crippen molar-refractivity contribution in [3.63, 3.8) is 0 Å². The maximum atomic E-state index is 10.5. The van der Waals surface area contributed by atoms with Crippen molar-refractivity contribution in [1.82, 2.24) is 0 Å². The van der Waals surface area contributed by atoms with Crippen molar-refractivity contribution in [3.05, 3.63) is 29.8 Å². The van der Waals surface area contributed by atoms with E-state index in [9.17, 15) is 5.11 Å². The Morgan fingerprint density at radius 3 is 2.91 bits per heavy atom. The van der Waals surface area contributed by atoms with Crippen LogP contribution in [-0.4, -0.2) is 5.75 Å². The van der Waals surface area contributed by atoms with Crippen LogP contribution in [-0.2, 0) is 11.7 Å². The van der Waals surface area contributed by atoms with E-state index in [0.29, 0.717) is 0 Å². The van der Waals surface area contributed by atoms with Crippen LogP contribution >= 0.6 is 11.8 Å². The van der Waals surface area contributed by atoms with Crippen LogP contribution in [0.2, 0.25) is 0 Å². The monoisotopic (exact) mass is 167 g/mol. The molecule has 1 rings (SSSR count). The zero-order valence-electron chi connectivity index (χ0n) is 6.54. The Morgan fingerprint density at radius 1 is 1.45 bits per heavy atom. The average Bonchev–Trinajstić information content (AvgIpc) is 2.06. The lowest BCUT2D eigenvalue weighted by Gasteiger charge is -1.99. The SMILES string of the molecule is CCSc1cccc(C[O])c1. The van der Waals surface area contributed by atoms with Gasteiger partial charge in [0.1, 0.15) is 6.61 Å². The highest BCUT2D eigenvalue weighted by Crippen LogP contribution is 2.18. The van der Waals surface area contributed by atoms with Gasteiger partial charge in [-0.05, 0) is 23.4 Å². The molecule has 0 spiro atoms. The van der Waals surface area contributed by atoms with Gasteiger partial charge in [0.05, 0.1) is 0 Å². The van der Waals surface area contributed by atoms with Gasteiger partial charge in [0.25, 0.3) is 0 Å². The minimum absolute atomic E-state index is 0.113. The van der Waals surface area contributed by atoms with E-state index < -0.39 is 0 Å². The van der Waals surface area contributed by atoms with Crippen LogP contribution in [0.15, 0.2) is 29.2 Å². The molecule has 1 aromatic rings. The van der Waals surface area contributed by atoms with Gasteiger partial charge >= 0.3 is 0 Å². The van der Waals surface area contributed by atoms with Gasteiger partial charge in [0.15, 0.2) is 0 Å². The molecular formula is C9H11OS. The number of rotatable bonds is 3. The highest BCUT2D eigenvalue weighted by molar-refractivity contribution is 7.99. The molecule has 1 radical (unpaired) electrons. The van der Waals surface area contributed by atoms with E-state index >= 15 is 0 Å². The second-order valence-corrected chi connectivity index (χ2v) is 3.56. The highest BCUT2D eigenvalue weighted by Gasteiger charge is 1.93. The third kappa shape index (κ3) is 2.56. The van der Waals surface area contributed by atoms with Crippen molar-refractivity contribution in [2.45, 2.75) is 18.4 Å². The zero-order valence-corrected chi connectivity index (χ0v) is 7.36. The molecule has 0 aliphatic carbocycles. The fourth-order valence-electron chi connectivity index (χ4n) is 0.892.